The quantitative estimate of drug-likeness (QED) is 0.725. The predicted octanol–water partition coefficient (Wildman–Crippen LogP) is 3.20. The summed E-state index contributed by atoms with van der Waals surface area (Å²) < 4.78 is 0. The fourth-order valence-corrected chi connectivity index (χ4v) is 2.57. The van der Waals surface area contributed by atoms with E-state index in [1.54, 1.807) is 0 Å². The molecular formula is C12H22BrNO. The molecule has 1 aliphatic rings. The van der Waals surface area contributed by atoms with E-state index in [2.05, 4.69) is 20.8 Å². The van der Waals surface area contributed by atoms with E-state index < -0.39 is 0 Å². The van der Waals surface area contributed by atoms with Gasteiger partial charge in [0.05, 0.1) is 0 Å². The van der Waals surface area contributed by atoms with Crippen LogP contribution >= 0.6 is 15.9 Å². The van der Waals surface area contributed by atoms with Gasteiger partial charge in [-0.3, -0.25) is 4.79 Å². The highest BCUT2D eigenvalue weighted by molar-refractivity contribution is 9.09. The second-order valence-electron chi connectivity index (χ2n) is 5.38. The van der Waals surface area contributed by atoms with Crippen molar-refractivity contribution >= 4 is 21.8 Å². The molecule has 0 aromatic rings. The fraction of sp³-hybridized carbons (Fsp3) is 0.917. The summed E-state index contributed by atoms with van der Waals surface area (Å²) in [7, 11) is 0. The van der Waals surface area contributed by atoms with E-state index in [-0.39, 0.29) is 5.41 Å². The summed E-state index contributed by atoms with van der Waals surface area (Å²) in [6, 6.07) is 0.495. The van der Waals surface area contributed by atoms with Crippen molar-refractivity contribution < 1.29 is 4.79 Å². The standard InChI is InChI=1S/C12H22BrNO/c1-12(2,3)11(15)14(9-8-13)10-6-4-5-7-10/h10H,4-9H2,1-3H3. The van der Waals surface area contributed by atoms with Crippen LogP contribution < -0.4 is 0 Å². The van der Waals surface area contributed by atoms with Gasteiger partial charge in [-0.25, -0.2) is 0 Å². The maximum absolute atomic E-state index is 12.2. The van der Waals surface area contributed by atoms with Gasteiger partial charge < -0.3 is 4.90 Å². The summed E-state index contributed by atoms with van der Waals surface area (Å²) in [6.07, 6.45) is 4.94. The van der Waals surface area contributed by atoms with Gasteiger partial charge >= 0.3 is 0 Å². The molecule has 0 aromatic heterocycles. The Labute approximate surface area is 102 Å². The van der Waals surface area contributed by atoms with Crippen molar-refractivity contribution in [3.63, 3.8) is 0 Å². The zero-order chi connectivity index (χ0) is 11.5. The van der Waals surface area contributed by atoms with E-state index in [0.29, 0.717) is 11.9 Å². The van der Waals surface area contributed by atoms with Gasteiger partial charge in [0.2, 0.25) is 5.91 Å². The topological polar surface area (TPSA) is 20.3 Å². The van der Waals surface area contributed by atoms with Gasteiger partial charge in [-0.15, -0.1) is 0 Å². The van der Waals surface area contributed by atoms with Crippen LogP contribution in [0.2, 0.25) is 0 Å². The van der Waals surface area contributed by atoms with Crippen LogP contribution in [0.25, 0.3) is 0 Å². The molecule has 0 spiro atoms. The van der Waals surface area contributed by atoms with Crippen LogP contribution in [0.5, 0.6) is 0 Å². The Morgan fingerprint density at radius 3 is 2.27 bits per heavy atom. The van der Waals surface area contributed by atoms with Crippen molar-refractivity contribution in [3.8, 4) is 0 Å². The van der Waals surface area contributed by atoms with E-state index in [4.69, 9.17) is 0 Å². The smallest absolute Gasteiger partial charge is 0.228 e. The van der Waals surface area contributed by atoms with Crippen molar-refractivity contribution in [1.29, 1.82) is 0 Å². The van der Waals surface area contributed by atoms with E-state index in [9.17, 15) is 4.79 Å². The van der Waals surface area contributed by atoms with Crippen LogP contribution in [-0.2, 0) is 4.79 Å². The van der Waals surface area contributed by atoms with Crippen LogP contribution in [0.1, 0.15) is 46.5 Å². The Hall–Kier alpha value is -0.0500. The molecule has 15 heavy (non-hydrogen) atoms. The van der Waals surface area contributed by atoms with E-state index >= 15 is 0 Å². The molecule has 88 valence electrons. The molecule has 0 aliphatic heterocycles. The molecule has 0 saturated heterocycles. The Morgan fingerprint density at radius 2 is 1.87 bits per heavy atom. The Bertz CT molecular complexity index is 216. The number of hydrogen-bond acceptors (Lipinski definition) is 1. The van der Waals surface area contributed by atoms with Gasteiger partial charge in [-0.05, 0) is 12.8 Å². The van der Waals surface area contributed by atoms with E-state index in [1.165, 1.54) is 25.7 Å². The van der Waals surface area contributed by atoms with Gasteiger partial charge in [0.25, 0.3) is 0 Å². The maximum Gasteiger partial charge on any atom is 0.228 e. The molecule has 0 aromatic carbocycles. The van der Waals surface area contributed by atoms with Crippen molar-refractivity contribution in [2.75, 3.05) is 11.9 Å². The molecule has 3 heteroatoms. The molecule has 0 radical (unpaired) electrons. The molecule has 1 rings (SSSR count). The lowest BCUT2D eigenvalue weighted by molar-refractivity contribution is -0.141. The first kappa shape index (κ1) is 13.0. The normalized spacial score (nSPS) is 18.1. The van der Waals surface area contributed by atoms with Crippen molar-refractivity contribution in [1.82, 2.24) is 4.90 Å². The van der Waals surface area contributed by atoms with Crippen molar-refractivity contribution in [2.45, 2.75) is 52.5 Å². The lowest BCUT2D eigenvalue weighted by Crippen LogP contribution is -2.45. The third-order valence-electron chi connectivity index (χ3n) is 2.99. The molecular weight excluding hydrogens is 254 g/mol. The second-order valence-corrected chi connectivity index (χ2v) is 6.17. The van der Waals surface area contributed by atoms with Crippen molar-refractivity contribution in [2.24, 2.45) is 5.41 Å². The first-order valence-electron chi connectivity index (χ1n) is 5.84. The van der Waals surface area contributed by atoms with Crippen LogP contribution in [-0.4, -0.2) is 28.7 Å². The number of nitrogens with zero attached hydrogens (tertiary/aromatic N) is 1. The highest BCUT2D eigenvalue weighted by atomic mass is 79.9. The number of alkyl halides is 1. The highest BCUT2D eigenvalue weighted by Crippen LogP contribution is 2.27. The number of amides is 1. The third kappa shape index (κ3) is 3.47. The lowest BCUT2D eigenvalue weighted by atomic mass is 9.93. The lowest BCUT2D eigenvalue weighted by Gasteiger charge is -2.33. The molecule has 1 saturated carbocycles. The summed E-state index contributed by atoms with van der Waals surface area (Å²) >= 11 is 3.44. The Balaban J connectivity index is 2.68. The van der Waals surface area contributed by atoms with Crippen LogP contribution in [0.15, 0.2) is 0 Å². The number of carbonyl (C=O) groups excluding carboxylic acids is 1. The molecule has 0 N–H and O–H groups in total. The first-order chi connectivity index (χ1) is 6.96. The highest BCUT2D eigenvalue weighted by Gasteiger charge is 2.32. The van der Waals surface area contributed by atoms with Crippen molar-refractivity contribution in [3.05, 3.63) is 0 Å². The molecule has 2 nitrogen and oxygen atoms in total. The fourth-order valence-electron chi connectivity index (χ4n) is 2.19. The summed E-state index contributed by atoms with van der Waals surface area (Å²) in [4.78, 5) is 14.3. The second kappa shape index (κ2) is 5.33. The molecule has 1 fully saturated rings. The molecule has 0 atom stereocenters. The maximum atomic E-state index is 12.2. The largest absolute Gasteiger partial charge is 0.338 e. The SMILES string of the molecule is CC(C)(C)C(=O)N(CCBr)C1CCCC1. The minimum absolute atomic E-state index is 0.245. The number of hydrogen-bond donors (Lipinski definition) is 0. The average Bonchev–Trinajstić information content (AvgIpc) is 2.64. The monoisotopic (exact) mass is 275 g/mol. The Kier molecular flexibility index (Phi) is 4.63. The molecule has 1 amide bonds. The first-order valence-corrected chi connectivity index (χ1v) is 6.96. The summed E-state index contributed by atoms with van der Waals surface area (Å²) in [5, 5.41) is 0.880. The van der Waals surface area contributed by atoms with E-state index in [1.807, 2.05) is 20.8 Å². The molecule has 1 aliphatic carbocycles. The van der Waals surface area contributed by atoms with Gasteiger partial charge in [-0.2, -0.15) is 0 Å². The zero-order valence-electron chi connectivity index (χ0n) is 10.1. The molecule has 0 bridgehead atoms. The van der Waals surface area contributed by atoms with E-state index in [0.717, 1.165) is 11.9 Å². The average molecular weight is 276 g/mol. The number of halogens is 1. The summed E-state index contributed by atoms with van der Waals surface area (Å²) in [6.45, 7) is 6.86. The van der Waals surface area contributed by atoms with Gasteiger partial charge in [0.15, 0.2) is 0 Å². The predicted molar refractivity (Wildman–Crippen MR) is 67.2 cm³/mol. The minimum Gasteiger partial charge on any atom is -0.338 e. The Morgan fingerprint density at radius 1 is 1.33 bits per heavy atom. The zero-order valence-corrected chi connectivity index (χ0v) is 11.6. The summed E-state index contributed by atoms with van der Waals surface area (Å²) in [5.74, 6) is 0.300. The van der Waals surface area contributed by atoms with Gasteiger partial charge in [0.1, 0.15) is 0 Å². The number of carbonyl (C=O) groups is 1. The number of rotatable bonds is 3. The van der Waals surface area contributed by atoms with Crippen LogP contribution in [0.4, 0.5) is 0 Å². The third-order valence-corrected chi connectivity index (χ3v) is 3.35. The molecule has 0 heterocycles. The van der Waals surface area contributed by atoms with Gasteiger partial charge in [0, 0.05) is 23.3 Å². The van der Waals surface area contributed by atoms with Gasteiger partial charge in [-0.1, -0.05) is 49.5 Å². The van der Waals surface area contributed by atoms with Crippen LogP contribution in [0.3, 0.4) is 0 Å². The molecule has 0 unspecified atom stereocenters. The minimum atomic E-state index is -0.245. The van der Waals surface area contributed by atoms with Crippen LogP contribution in [0, 0.1) is 5.41 Å². The summed E-state index contributed by atoms with van der Waals surface area (Å²) in [5.41, 5.74) is -0.245.